The molecule has 0 unspecified atom stereocenters. The maximum atomic E-state index is 12.6. The smallest absolute Gasteiger partial charge is 0.313 e. The van der Waals surface area contributed by atoms with E-state index in [1.54, 1.807) is 13.8 Å². The van der Waals surface area contributed by atoms with Gasteiger partial charge in [-0.1, -0.05) is 12.1 Å². The highest BCUT2D eigenvalue weighted by atomic mass is 16.6. The number of hydrogen-bond donors (Lipinski definition) is 1. The first kappa shape index (κ1) is 26.6. The van der Waals surface area contributed by atoms with Crippen molar-refractivity contribution in [3.8, 4) is 17.6 Å². The quantitative estimate of drug-likeness (QED) is 0.102. The molecule has 1 N–H and O–H groups in total. The molecule has 1 aliphatic rings. The largest absolute Gasteiger partial charge is 0.493 e. The monoisotopic (exact) mass is 506 g/mol. The SMILES string of the molecule is COc1cc(/C=C(\C#N)C(=O)NC(C)C)ccc1OC(=O)CCN1C(=O)c2cccc([N+](=O)[O-])c2C1=O. The number of carbonyl (C=O) groups is 4. The number of fused-ring (bicyclic) bond motifs is 1. The van der Waals surface area contributed by atoms with Gasteiger partial charge in [-0.2, -0.15) is 5.26 Å². The topological polar surface area (TPSA) is 169 Å². The van der Waals surface area contributed by atoms with E-state index in [0.717, 1.165) is 11.0 Å². The number of ether oxygens (including phenoxy) is 2. The summed E-state index contributed by atoms with van der Waals surface area (Å²) in [6.45, 7) is 3.18. The molecule has 12 heteroatoms. The number of nitrogens with one attached hydrogen (secondary N) is 1. The van der Waals surface area contributed by atoms with Gasteiger partial charge in [-0.15, -0.1) is 0 Å². The highest BCUT2D eigenvalue weighted by molar-refractivity contribution is 6.23. The van der Waals surface area contributed by atoms with E-state index in [0.29, 0.717) is 5.56 Å². The number of imide groups is 1. The van der Waals surface area contributed by atoms with Crippen molar-refractivity contribution in [2.24, 2.45) is 0 Å². The molecule has 190 valence electrons. The number of nitro groups is 1. The highest BCUT2D eigenvalue weighted by Gasteiger charge is 2.40. The fourth-order valence-corrected chi connectivity index (χ4v) is 3.56. The molecule has 0 aliphatic carbocycles. The van der Waals surface area contributed by atoms with Gasteiger partial charge in [0.25, 0.3) is 23.4 Å². The molecule has 0 radical (unpaired) electrons. The van der Waals surface area contributed by atoms with Gasteiger partial charge in [-0.25, -0.2) is 0 Å². The van der Waals surface area contributed by atoms with Crippen molar-refractivity contribution in [2.45, 2.75) is 26.3 Å². The predicted molar refractivity (Wildman–Crippen MR) is 129 cm³/mol. The van der Waals surface area contributed by atoms with Crippen LogP contribution in [-0.4, -0.2) is 53.2 Å². The maximum absolute atomic E-state index is 12.6. The fourth-order valence-electron chi connectivity index (χ4n) is 3.56. The van der Waals surface area contributed by atoms with Crippen molar-refractivity contribution < 1.29 is 33.6 Å². The molecular weight excluding hydrogens is 484 g/mol. The highest BCUT2D eigenvalue weighted by Crippen LogP contribution is 2.32. The molecule has 3 amide bonds. The Morgan fingerprint density at radius 3 is 2.54 bits per heavy atom. The van der Waals surface area contributed by atoms with E-state index < -0.39 is 34.3 Å². The summed E-state index contributed by atoms with van der Waals surface area (Å²) in [5.41, 5.74) is -0.575. The van der Waals surface area contributed by atoms with E-state index in [1.165, 1.54) is 43.5 Å². The number of carbonyl (C=O) groups excluding carboxylic acids is 4. The Morgan fingerprint density at radius 1 is 1.19 bits per heavy atom. The molecule has 1 aliphatic heterocycles. The van der Waals surface area contributed by atoms with Crippen molar-refractivity contribution in [1.29, 1.82) is 5.26 Å². The number of benzene rings is 2. The first-order valence-corrected chi connectivity index (χ1v) is 11.0. The van der Waals surface area contributed by atoms with Crippen LogP contribution in [0.5, 0.6) is 11.5 Å². The third-order valence-electron chi connectivity index (χ3n) is 5.22. The second-order valence-electron chi connectivity index (χ2n) is 8.15. The molecule has 2 aromatic rings. The lowest BCUT2D eigenvalue weighted by atomic mass is 10.1. The van der Waals surface area contributed by atoms with Gasteiger partial charge in [0.05, 0.1) is 24.0 Å². The average molecular weight is 506 g/mol. The molecular formula is C25H22N4O8. The number of rotatable bonds is 9. The first-order chi connectivity index (χ1) is 17.6. The van der Waals surface area contributed by atoms with E-state index in [2.05, 4.69) is 5.32 Å². The number of esters is 1. The molecule has 12 nitrogen and oxygen atoms in total. The Labute approximate surface area is 211 Å². The van der Waals surface area contributed by atoms with Gasteiger partial charge in [0, 0.05) is 18.7 Å². The lowest BCUT2D eigenvalue weighted by Crippen LogP contribution is -2.32. The molecule has 2 aromatic carbocycles. The van der Waals surface area contributed by atoms with Crippen molar-refractivity contribution in [3.05, 3.63) is 68.8 Å². The van der Waals surface area contributed by atoms with Crippen molar-refractivity contribution >= 4 is 35.5 Å². The van der Waals surface area contributed by atoms with Crippen LogP contribution in [0.1, 0.15) is 46.5 Å². The number of hydrogen-bond acceptors (Lipinski definition) is 9. The normalized spacial score (nSPS) is 12.7. The zero-order valence-electron chi connectivity index (χ0n) is 20.1. The molecule has 37 heavy (non-hydrogen) atoms. The summed E-state index contributed by atoms with van der Waals surface area (Å²) in [4.78, 5) is 61.0. The Kier molecular flexibility index (Phi) is 7.99. The van der Waals surface area contributed by atoms with Crippen LogP contribution >= 0.6 is 0 Å². The Hall–Kier alpha value is -5.05. The third-order valence-corrected chi connectivity index (χ3v) is 5.22. The van der Waals surface area contributed by atoms with Gasteiger partial charge in [-0.3, -0.25) is 34.2 Å². The molecule has 0 fully saturated rings. The number of amides is 3. The molecule has 3 rings (SSSR count). The van der Waals surface area contributed by atoms with Crippen LogP contribution < -0.4 is 14.8 Å². The van der Waals surface area contributed by atoms with Crippen LogP contribution in [-0.2, 0) is 9.59 Å². The van der Waals surface area contributed by atoms with E-state index in [1.807, 2.05) is 6.07 Å². The average Bonchev–Trinajstić information content (AvgIpc) is 3.10. The summed E-state index contributed by atoms with van der Waals surface area (Å²) < 4.78 is 10.6. The Balaban J connectivity index is 1.70. The second kappa shape index (κ2) is 11.1. The summed E-state index contributed by atoms with van der Waals surface area (Å²) in [5.74, 6) is -2.75. The second-order valence-corrected chi connectivity index (χ2v) is 8.15. The maximum Gasteiger partial charge on any atom is 0.313 e. The van der Waals surface area contributed by atoms with Crippen LogP contribution in [0.15, 0.2) is 42.0 Å². The number of methoxy groups -OCH3 is 1. The number of nitrogens with zero attached hydrogens (tertiary/aromatic N) is 3. The summed E-state index contributed by atoms with van der Waals surface area (Å²) >= 11 is 0. The summed E-state index contributed by atoms with van der Waals surface area (Å²) in [6.07, 6.45) is 0.977. The van der Waals surface area contributed by atoms with Gasteiger partial charge in [0.15, 0.2) is 11.5 Å². The van der Waals surface area contributed by atoms with Gasteiger partial charge in [0.2, 0.25) is 0 Å². The van der Waals surface area contributed by atoms with Gasteiger partial charge in [0.1, 0.15) is 17.2 Å². The standard InChI is InChI=1S/C25H22N4O8/c1-14(2)27-23(31)16(13-26)11-15-7-8-19(20(12-15)36-3)37-21(30)9-10-28-24(32)17-5-4-6-18(29(34)35)22(17)25(28)33/h4-8,11-12,14H,9-10H2,1-3H3,(H,27,31)/b16-11+. The number of nitro benzene ring substituents is 1. The van der Waals surface area contributed by atoms with E-state index in [9.17, 15) is 34.6 Å². The van der Waals surface area contributed by atoms with Crippen LogP contribution in [0.3, 0.4) is 0 Å². The molecule has 0 saturated heterocycles. The van der Waals surface area contributed by atoms with Gasteiger partial charge in [-0.05, 0) is 43.7 Å². The molecule has 1 heterocycles. The third kappa shape index (κ3) is 5.79. The minimum Gasteiger partial charge on any atom is -0.493 e. The van der Waals surface area contributed by atoms with Crippen LogP contribution in [0, 0.1) is 21.4 Å². The minimum absolute atomic E-state index is 0.0350. The van der Waals surface area contributed by atoms with Crippen LogP contribution in [0.2, 0.25) is 0 Å². The summed E-state index contributed by atoms with van der Waals surface area (Å²) in [6, 6.07) is 9.80. The van der Waals surface area contributed by atoms with Crippen molar-refractivity contribution in [3.63, 3.8) is 0 Å². The van der Waals surface area contributed by atoms with Crippen molar-refractivity contribution in [1.82, 2.24) is 10.2 Å². The van der Waals surface area contributed by atoms with E-state index >= 15 is 0 Å². The molecule has 0 aromatic heterocycles. The summed E-state index contributed by atoms with van der Waals surface area (Å²) in [5, 5.41) is 23.1. The Morgan fingerprint density at radius 2 is 1.92 bits per heavy atom. The zero-order valence-corrected chi connectivity index (χ0v) is 20.1. The van der Waals surface area contributed by atoms with Gasteiger partial charge >= 0.3 is 5.97 Å². The van der Waals surface area contributed by atoms with Gasteiger partial charge < -0.3 is 14.8 Å². The first-order valence-electron chi connectivity index (χ1n) is 11.0. The number of nitriles is 1. The van der Waals surface area contributed by atoms with Crippen LogP contribution in [0.4, 0.5) is 5.69 Å². The lowest BCUT2D eigenvalue weighted by molar-refractivity contribution is -0.385. The van der Waals surface area contributed by atoms with E-state index in [-0.39, 0.29) is 47.2 Å². The molecule has 0 saturated carbocycles. The molecule has 0 bridgehead atoms. The Bertz CT molecular complexity index is 1370. The van der Waals surface area contributed by atoms with Crippen molar-refractivity contribution in [2.75, 3.05) is 13.7 Å². The molecule has 0 spiro atoms. The lowest BCUT2D eigenvalue weighted by Gasteiger charge is -2.14. The zero-order chi connectivity index (χ0) is 27.3. The fraction of sp³-hybridized carbons (Fsp3) is 0.240. The minimum atomic E-state index is -0.858. The molecule has 0 atom stereocenters. The van der Waals surface area contributed by atoms with Crippen LogP contribution in [0.25, 0.3) is 6.08 Å². The summed E-state index contributed by atoms with van der Waals surface area (Å²) in [7, 11) is 1.34. The predicted octanol–water partition coefficient (Wildman–Crippen LogP) is 2.63. The van der Waals surface area contributed by atoms with E-state index in [4.69, 9.17) is 9.47 Å².